The molecule has 1 aliphatic heterocycles. The van der Waals surface area contributed by atoms with Crippen LogP contribution in [0.3, 0.4) is 0 Å². The first kappa shape index (κ1) is 13.6. The van der Waals surface area contributed by atoms with Crippen molar-refractivity contribution in [3.8, 4) is 0 Å². The Morgan fingerprint density at radius 1 is 1.44 bits per heavy atom. The van der Waals surface area contributed by atoms with Gasteiger partial charge in [-0.25, -0.2) is 0 Å². The van der Waals surface area contributed by atoms with Crippen molar-refractivity contribution in [3.05, 3.63) is 21.9 Å². The molecule has 0 aromatic carbocycles. The quantitative estimate of drug-likeness (QED) is 0.878. The van der Waals surface area contributed by atoms with Crippen LogP contribution in [0.25, 0.3) is 0 Å². The van der Waals surface area contributed by atoms with Crippen molar-refractivity contribution >= 4 is 17.2 Å². The molecule has 0 radical (unpaired) electrons. The third-order valence-corrected chi connectivity index (χ3v) is 4.69. The summed E-state index contributed by atoms with van der Waals surface area (Å²) in [6, 6.07) is 4.74. The Morgan fingerprint density at radius 3 is 2.78 bits per heavy atom. The highest BCUT2D eigenvalue weighted by Crippen LogP contribution is 2.29. The summed E-state index contributed by atoms with van der Waals surface area (Å²) < 4.78 is 0. The Bertz CT molecular complexity index is 420. The van der Waals surface area contributed by atoms with Gasteiger partial charge in [-0.05, 0) is 24.0 Å². The highest BCUT2D eigenvalue weighted by atomic mass is 32.1. The molecule has 3 nitrogen and oxygen atoms in total. The average molecular weight is 266 g/mol. The summed E-state index contributed by atoms with van der Waals surface area (Å²) in [6.07, 6.45) is 1.64. The Balaban J connectivity index is 1.77. The molecular formula is C14H22N2OS. The summed E-state index contributed by atoms with van der Waals surface area (Å²) in [5.41, 5.74) is 0.238. The van der Waals surface area contributed by atoms with Gasteiger partial charge in [-0.1, -0.05) is 20.8 Å². The smallest absolute Gasteiger partial charge is 0.220 e. The zero-order valence-corrected chi connectivity index (χ0v) is 12.2. The van der Waals surface area contributed by atoms with Crippen molar-refractivity contribution in [2.75, 3.05) is 6.54 Å². The Kier molecular flexibility index (Phi) is 4.07. The molecule has 2 heterocycles. The monoisotopic (exact) mass is 266 g/mol. The van der Waals surface area contributed by atoms with E-state index >= 15 is 0 Å². The molecular weight excluding hydrogens is 244 g/mol. The van der Waals surface area contributed by atoms with E-state index in [1.165, 1.54) is 9.75 Å². The summed E-state index contributed by atoms with van der Waals surface area (Å²) in [7, 11) is 0. The molecule has 4 heteroatoms. The van der Waals surface area contributed by atoms with E-state index < -0.39 is 0 Å². The van der Waals surface area contributed by atoms with Crippen LogP contribution in [0.5, 0.6) is 0 Å². The van der Waals surface area contributed by atoms with Gasteiger partial charge in [0.1, 0.15) is 0 Å². The van der Waals surface area contributed by atoms with Gasteiger partial charge in [-0.3, -0.25) is 4.79 Å². The first-order chi connectivity index (χ1) is 8.45. The van der Waals surface area contributed by atoms with Gasteiger partial charge in [0.05, 0.1) is 0 Å². The molecule has 1 aromatic heterocycles. The lowest BCUT2D eigenvalue weighted by Crippen LogP contribution is -2.35. The van der Waals surface area contributed by atoms with Crippen LogP contribution in [0.2, 0.25) is 0 Å². The van der Waals surface area contributed by atoms with Gasteiger partial charge in [0, 0.05) is 35.3 Å². The van der Waals surface area contributed by atoms with E-state index in [1.54, 1.807) is 0 Å². The van der Waals surface area contributed by atoms with Crippen molar-refractivity contribution in [1.82, 2.24) is 10.6 Å². The second-order valence-electron chi connectivity index (χ2n) is 5.95. The van der Waals surface area contributed by atoms with Gasteiger partial charge >= 0.3 is 0 Å². The fourth-order valence-electron chi connectivity index (χ4n) is 2.08. The summed E-state index contributed by atoms with van der Waals surface area (Å²) in [5, 5.41) is 6.40. The van der Waals surface area contributed by atoms with Crippen LogP contribution in [0.15, 0.2) is 12.1 Å². The van der Waals surface area contributed by atoms with Gasteiger partial charge < -0.3 is 10.6 Å². The number of thiophene rings is 1. The van der Waals surface area contributed by atoms with E-state index in [-0.39, 0.29) is 11.3 Å². The molecule has 1 aliphatic rings. The van der Waals surface area contributed by atoms with E-state index in [0.717, 1.165) is 19.5 Å². The molecule has 18 heavy (non-hydrogen) atoms. The highest BCUT2D eigenvalue weighted by Gasteiger charge is 2.20. The Morgan fingerprint density at radius 2 is 2.22 bits per heavy atom. The molecule has 2 rings (SSSR count). The van der Waals surface area contributed by atoms with Gasteiger partial charge in [0.15, 0.2) is 0 Å². The standard InChI is InChI=1S/C14H22N2OS/c1-14(2,3)12-6-5-11(18-12)9-15-8-10-4-7-13(17)16-10/h5-6,10,15H,4,7-9H2,1-3H3,(H,16,17). The average Bonchev–Trinajstić information content (AvgIpc) is 2.87. The van der Waals surface area contributed by atoms with Crippen LogP contribution in [-0.2, 0) is 16.8 Å². The zero-order chi connectivity index (χ0) is 13.2. The number of amides is 1. The minimum absolute atomic E-state index is 0.188. The zero-order valence-electron chi connectivity index (χ0n) is 11.4. The lowest BCUT2D eigenvalue weighted by Gasteiger charge is -2.15. The first-order valence-corrected chi connectivity index (χ1v) is 7.36. The molecule has 1 unspecified atom stereocenters. The molecule has 0 aliphatic carbocycles. The molecule has 2 N–H and O–H groups in total. The van der Waals surface area contributed by atoms with Gasteiger partial charge in [-0.15, -0.1) is 11.3 Å². The molecule has 0 bridgehead atoms. The van der Waals surface area contributed by atoms with Gasteiger partial charge in [0.2, 0.25) is 5.91 Å². The molecule has 1 fully saturated rings. The largest absolute Gasteiger partial charge is 0.352 e. The third-order valence-electron chi connectivity index (χ3n) is 3.18. The van der Waals surface area contributed by atoms with E-state index in [1.807, 2.05) is 11.3 Å². The molecule has 1 aromatic rings. The minimum Gasteiger partial charge on any atom is -0.352 e. The van der Waals surface area contributed by atoms with Crippen LogP contribution in [0.4, 0.5) is 0 Å². The van der Waals surface area contributed by atoms with Crippen molar-refractivity contribution in [3.63, 3.8) is 0 Å². The maximum absolute atomic E-state index is 11.1. The van der Waals surface area contributed by atoms with Crippen LogP contribution in [0.1, 0.15) is 43.4 Å². The lowest BCUT2D eigenvalue weighted by atomic mass is 9.95. The molecule has 1 saturated heterocycles. The van der Waals surface area contributed by atoms with Crippen molar-refractivity contribution < 1.29 is 4.79 Å². The van der Waals surface area contributed by atoms with Crippen LogP contribution < -0.4 is 10.6 Å². The Hall–Kier alpha value is -0.870. The second kappa shape index (κ2) is 5.41. The number of carbonyl (C=O) groups excluding carboxylic acids is 1. The fraction of sp³-hybridized carbons (Fsp3) is 0.643. The minimum atomic E-state index is 0.188. The van der Waals surface area contributed by atoms with Crippen LogP contribution in [-0.4, -0.2) is 18.5 Å². The number of carbonyl (C=O) groups is 1. The number of rotatable bonds is 4. The maximum atomic E-state index is 11.1. The normalized spacial score (nSPS) is 20.2. The highest BCUT2D eigenvalue weighted by molar-refractivity contribution is 7.12. The van der Waals surface area contributed by atoms with E-state index in [0.29, 0.717) is 12.5 Å². The molecule has 100 valence electrons. The SMILES string of the molecule is CC(C)(C)c1ccc(CNCC2CCC(=O)N2)s1. The summed E-state index contributed by atoms with van der Waals surface area (Å²) >= 11 is 1.87. The summed E-state index contributed by atoms with van der Waals surface area (Å²) in [4.78, 5) is 13.9. The molecule has 1 atom stereocenters. The van der Waals surface area contributed by atoms with Crippen molar-refractivity contribution in [1.29, 1.82) is 0 Å². The number of hydrogen-bond donors (Lipinski definition) is 2. The fourth-order valence-corrected chi connectivity index (χ4v) is 3.11. The predicted octanol–water partition coefficient (Wildman–Crippen LogP) is 2.41. The first-order valence-electron chi connectivity index (χ1n) is 6.54. The van der Waals surface area contributed by atoms with Gasteiger partial charge in [-0.2, -0.15) is 0 Å². The maximum Gasteiger partial charge on any atom is 0.220 e. The number of hydrogen-bond acceptors (Lipinski definition) is 3. The van der Waals surface area contributed by atoms with E-state index in [4.69, 9.17) is 0 Å². The summed E-state index contributed by atoms with van der Waals surface area (Å²) in [5.74, 6) is 0.188. The van der Waals surface area contributed by atoms with Crippen LogP contribution >= 0.6 is 11.3 Å². The summed E-state index contributed by atoms with van der Waals surface area (Å²) in [6.45, 7) is 8.49. The topological polar surface area (TPSA) is 41.1 Å². The molecule has 0 saturated carbocycles. The van der Waals surface area contributed by atoms with Crippen LogP contribution in [0, 0.1) is 0 Å². The van der Waals surface area contributed by atoms with Crippen molar-refractivity contribution in [2.24, 2.45) is 0 Å². The van der Waals surface area contributed by atoms with Crippen molar-refractivity contribution in [2.45, 2.75) is 51.6 Å². The molecule has 1 amide bonds. The second-order valence-corrected chi connectivity index (χ2v) is 7.12. The predicted molar refractivity (Wildman–Crippen MR) is 75.9 cm³/mol. The lowest BCUT2D eigenvalue weighted by molar-refractivity contribution is -0.119. The molecule has 0 spiro atoms. The van der Waals surface area contributed by atoms with E-state index in [9.17, 15) is 4.79 Å². The Labute approximate surface area is 113 Å². The van der Waals surface area contributed by atoms with Gasteiger partial charge in [0.25, 0.3) is 0 Å². The third kappa shape index (κ3) is 3.56. The van der Waals surface area contributed by atoms with E-state index in [2.05, 4.69) is 43.5 Å². The number of nitrogens with one attached hydrogen (secondary N) is 2.